The van der Waals surface area contributed by atoms with Crippen LogP contribution in [0.25, 0.3) is 0 Å². The van der Waals surface area contributed by atoms with Gasteiger partial charge in [0.25, 0.3) is 0 Å². The van der Waals surface area contributed by atoms with Gasteiger partial charge < -0.3 is 14.2 Å². The molecule has 0 fully saturated rings. The van der Waals surface area contributed by atoms with E-state index < -0.39 is 6.67 Å². The third-order valence-corrected chi connectivity index (χ3v) is 1.72. The van der Waals surface area contributed by atoms with E-state index in [1.54, 1.807) is 18.5 Å². The molecule has 0 N–H and O–H groups in total. The Morgan fingerprint density at radius 1 is 1.06 bits per heavy atom. The highest BCUT2D eigenvalue weighted by Gasteiger charge is 1.93. The van der Waals surface area contributed by atoms with Gasteiger partial charge in [-0.2, -0.15) is 0 Å². The Morgan fingerprint density at radius 3 is 2.50 bits per heavy atom. The van der Waals surface area contributed by atoms with Crippen LogP contribution in [0.5, 0.6) is 5.75 Å². The van der Waals surface area contributed by atoms with Gasteiger partial charge in [0.1, 0.15) is 19.0 Å². The number of rotatable bonds is 9. The van der Waals surface area contributed by atoms with E-state index in [4.69, 9.17) is 14.2 Å². The first kappa shape index (κ1) is 12.9. The molecule has 0 unspecified atom stereocenters. The van der Waals surface area contributed by atoms with Crippen LogP contribution in [-0.2, 0) is 9.47 Å². The van der Waals surface area contributed by atoms with Gasteiger partial charge in [-0.3, -0.25) is 4.98 Å². The molecule has 0 aromatic carbocycles. The van der Waals surface area contributed by atoms with Crippen LogP contribution in [0.15, 0.2) is 24.5 Å². The highest BCUT2D eigenvalue weighted by atomic mass is 19.1. The summed E-state index contributed by atoms with van der Waals surface area (Å²) in [5, 5.41) is 0. The fourth-order valence-corrected chi connectivity index (χ4v) is 1.03. The van der Waals surface area contributed by atoms with Gasteiger partial charge in [-0.05, 0) is 12.1 Å². The summed E-state index contributed by atoms with van der Waals surface area (Å²) in [4.78, 5) is 3.91. The Morgan fingerprint density at radius 2 is 1.81 bits per heavy atom. The van der Waals surface area contributed by atoms with E-state index in [9.17, 15) is 4.39 Å². The second-order valence-corrected chi connectivity index (χ2v) is 2.95. The predicted molar refractivity (Wildman–Crippen MR) is 57.3 cm³/mol. The van der Waals surface area contributed by atoms with Gasteiger partial charge in [0.2, 0.25) is 0 Å². The van der Waals surface area contributed by atoms with Crippen LogP contribution in [0, 0.1) is 0 Å². The summed E-state index contributed by atoms with van der Waals surface area (Å²) in [5.74, 6) is 0.722. The maximum atomic E-state index is 11.6. The molecule has 90 valence electrons. The minimum atomic E-state index is -0.454. The maximum Gasteiger partial charge on any atom is 0.137 e. The number of nitrogens with zero attached hydrogens (tertiary/aromatic N) is 1. The zero-order valence-electron chi connectivity index (χ0n) is 9.10. The van der Waals surface area contributed by atoms with Gasteiger partial charge in [0.15, 0.2) is 0 Å². The Bertz CT molecular complexity index is 259. The van der Waals surface area contributed by atoms with Crippen molar-refractivity contribution in [2.75, 3.05) is 39.7 Å². The molecule has 0 amide bonds. The normalized spacial score (nSPS) is 10.3. The summed E-state index contributed by atoms with van der Waals surface area (Å²) in [6.45, 7) is 1.50. The average molecular weight is 229 g/mol. The number of ether oxygens (including phenoxy) is 3. The molecule has 0 spiro atoms. The SMILES string of the molecule is FCCOCCOCCOc1cccnc1. The Balaban J connectivity index is 1.89. The van der Waals surface area contributed by atoms with Gasteiger partial charge in [-0.15, -0.1) is 0 Å². The van der Waals surface area contributed by atoms with Crippen molar-refractivity contribution in [2.24, 2.45) is 0 Å². The van der Waals surface area contributed by atoms with E-state index in [0.29, 0.717) is 26.4 Å². The molecule has 4 nitrogen and oxygen atoms in total. The minimum absolute atomic E-state index is 0.134. The molecule has 0 aliphatic carbocycles. The predicted octanol–water partition coefficient (Wildman–Crippen LogP) is 1.46. The van der Waals surface area contributed by atoms with Crippen molar-refractivity contribution >= 4 is 0 Å². The lowest BCUT2D eigenvalue weighted by Gasteiger charge is -2.06. The topological polar surface area (TPSA) is 40.6 Å². The molecule has 1 aromatic rings. The number of aromatic nitrogens is 1. The molecular weight excluding hydrogens is 213 g/mol. The third-order valence-electron chi connectivity index (χ3n) is 1.72. The molecule has 5 heteroatoms. The molecule has 0 saturated carbocycles. The van der Waals surface area contributed by atoms with Crippen molar-refractivity contribution in [1.82, 2.24) is 4.98 Å². The Hall–Kier alpha value is -1.20. The van der Waals surface area contributed by atoms with E-state index in [0.717, 1.165) is 5.75 Å². The summed E-state index contributed by atoms with van der Waals surface area (Å²) in [5.41, 5.74) is 0. The fraction of sp³-hybridized carbons (Fsp3) is 0.545. The molecule has 0 bridgehead atoms. The van der Waals surface area contributed by atoms with Crippen LogP contribution in [0.1, 0.15) is 0 Å². The molecule has 16 heavy (non-hydrogen) atoms. The van der Waals surface area contributed by atoms with Gasteiger partial charge in [-0.25, -0.2) is 4.39 Å². The van der Waals surface area contributed by atoms with E-state index in [2.05, 4.69) is 4.98 Å². The molecule has 0 radical (unpaired) electrons. The second kappa shape index (κ2) is 9.06. The first-order valence-electron chi connectivity index (χ1n) is 5.18. The summed E-state index contributed by atoms with van der Waals surface area (Å²) in [7, 11) is 0. The maximum absolute atomic E-state index is 11.6. The second-order valence-electron chi connectivity index (χ2n) is 2.95. The van der Waals surface area contributed by atoms with Crippen molar-refractivity contribution in [2.45, 2.75) is 0 Å². The summed E-state index contributed by atoms with van der Waals surface area (Å²) < 4.78 is 27.1. The quantitative estimate of drug-likeness (QED) is 0.601. The molecule has 1 heterocycles. The lowest BCUT2D eigenvalue weighted by atomic mass is 10.5. The number of hydrogen-bond donors (Lipinski definition) is 0. The number of alkyl halides is 1. The van der Waals surface area contributed by atoms with E-state index >= 15 is 0 Å². The minimum Gasteiger partial charge on any atom is -0.490 e. The molecule has 0 atom stereocenters. The molecule has 0 saturated heterocycles. The fourth-order valence-electron chi connectivity index (χ4n) is 1.03. The van der Waals surface area contributed by atoms with Crippen molar-refractivity contribution in [3.63, 3.8) is 0 Å². The van der Waals surface area contributed by atoms with Gasteiger partial charge >= 0.3 is 0 Å². The van der Waals surface area contributed by atoms with Crippen LogP contribution in [0.3, 0.4) is 0 Å². The van der Waals surface area contributed by atoms with Crippen LogP contribution >= 0.6 is 0 Å². The molecule has 1 rings (SSSR count). The standard InChI is InChI=1S/C11H16FNO3/c12-3-5-14-6-7-15-8-9-16-11-2-1-4-13-10-11/h1-2,4,10H,3,5-9H2. The van der Waals surface area contributed by atoms with Crippen LogP contribution in [-0.4, -0.2) is 44.7 Å². The van der Waals surface area contributed by atoms with Crippen LogP contribution < -0.4 is 4.74 Å². The highest BCUT2D eigenvalue weighted by molar-refractivity contribution is 5.15. The number of pyridine rings is 1. The van der Waals surface area contributed by atoms with Crippen molar-refractivity contribution in [1.29, 1.82) is 0 Å². The lowest BCUT2D eigenvalue weighted by molar-refractivity contribution is 0.0325. The highest BCUT2D eigenvalue weighted by Crippen LogP contribution is 2.05. The molecule has 0 aliphatic rings. The van der Waals surface area contributed by atoms with Crippen LogP contribution in [0.4, 0.5) is 4.39 Å². The van der Waals surface area contributed by atoms with E-state index in [1.165, 1.54) is 0 Å². The Labute approximate surface area is 94.3 Å². The van der Waals surface area contributed by atoms with Gasteiger partial charge in [0.05, 0.1) is 32.6 Å². The van der Waals surface area contributed by atoms with Crippen molar-refractivity contribution in [3.05, 3.63) is 24.5 Å². The summed E-state index contributed by atoms with van der Waals surface area (Å²) in [6.07, 6.45) is 3.33. The third kappa shape index (κ3) is 6.31. The first-order chi connectivity index (χ1) is 7.93. The van der Waals surface area contributed by atoms with Gasteiger partial charge in [-0.1, -0.05) is 0 Å². The zero-order valence-corrected chi connectivity index (χ0v) is 9.10. The van der Waals surface area contributed by atoms with Gasteiger partial charge in [0, 0.05) is 6.20 Å². The summed E-state index contributed by atoms with van der Waals surface area (Å²) >= 11 is 0. The monoisotopic (exact) mass is 229 g/mol. The number of hydrogen-bond acceptors (Lipinski definition) is 4. The molecular formula is C11H16FNO3. The number of halogens is 1. The van der Waals surface area contributed by atoms with Crippen molar-refractivity contribution < 1.29 is 18.6 Å². The largest absolute Gasteiger partial charge is 0.490 e. The Kier molecular flexibility index (Phi) is 7.28. The zero-order chi connectivity index (χ0) is 11.5. The summed E-state index contributed by atoms with van der Waals surface area (Å²) in [6, 6.07) is 3.64. The first-order valence-corrected chi connectivity index (χ1v) is 5.18. The average Bonchev–Trinajstić information content (AvgIpc) is 2.34. The lowest BCUT2D eigenvalue weighted by Crippen LogP contribution is -2.11. The smallest absolute Gasteiger partial charge is 0.137 e. The van der Waals surface area contributed by atoms with E-state index in [-0.39, 0.29) is 6.61 Å². The van der Waals surface area contributed by atoms with E-state index in [1.807, 2.05) is 6.07 Å². The van der Waals surface area contributed by atoms with Crippen molar-refractivity contribution in [3.8, 4) is 5.75 Å². The molecule has 1 aromatic heterocycles. The molecule has 0 aliphatic heterocycles. The van der Waals surface area contributed by atoms with Crippen LogP contribution in [0.2, 0.25) is 0 Å².